The Balaban J connectivity index is 2.29. The van der Waals surface area contributed by atoms with Crippen molar-refractivity contribution in [1.82, 2.24) is 5.32 Å². The first-order valence-electron chi connectivity index (χ1n) is 5.16. The molecule has 2 atom stereocenters. The summed E-state index contributed by atoms with van der Waals surface area (Å²) < 4.78 is 0. The zero-order valence-electron chi connectivity index (χ0n) is 8.93. The maximum absolute atomic E-state index is 8.52. The predicted molar refractivity (Wildman–Crippen MR) is 54.2 cm³/mol. The molecule has 2 unspecified atom stereocenters. The fourth-order valence-electron chi connectivity index (χ4n) is 2.18. The van der Waals surface area contributed by atoms with E-state index in [9.17, 15) is 0 Å². The van der Waals surface area contributed by atoms with Gasteiger partial charge in [0, 0.05) is 12.1 Å². The summed E-state index contributed by atoms with van der Waals surface area (Å²) in [5.41, 5.74) is 0.504. The summed E-state index contributed by atoms with van der Waals surface area (Å²) in [5, 5.41) is 12.0. The monoisotopic (exact) mass is 180 g/mol. The van der Waals surface area contributed by atoms with E-state index in [0.717, 1.165) is 0 Å². The van der Waals surface area contributed by atoms with Gasteiger partial charge < -0.3 is 5.32 Å². The van der Waals surface area contributed by atoms with Crippen molar-refractivity contribution in [2.45, 2.75) is 58.5 Å². The first-order valence-corrected chi connectivity index (χ1v) is 5.16. The topological polar surface area (TPSA) is 35.8 Å². The van der Waals surface area contributed by atoms with Crippen molar-refractivity contribution in [3.63, 3.8) is 0 Å². The maximum Gasteiger partial charge on any atom is 0.0638 e. The molecule has 0 amide bonds. The maximum atomic E-state index is 8.52. The minimum absolute atomic E-state index is 0.351. The van der Waals surface area contributed by atoms with Crippen LogP contribution in [0.2, 0.25) is 0 Å². The average molecular weight is 180 g/mol. The van der Waals surface area contributed by atoms with Crippen molar-refractivity contribution in [3.8, 4) is 6.07 Å². The molecule has 1 N–H and O–H groups in total. The summed E-state index contributed by atoms with van der Waals surface area (Å²) in [5.74, 6) is 0. The molecule has 0 bridgehead atoms. The Kier molecular flexibility index (Phi) is 3.33. The number of hydrogen-bond acceptors (Lipinski definition) is 2. The van der Waals surface area contributed by atoms with Crippen molar-refractivity contribution in [3.05, 3.63) is 0 Å². The van der Waals surface area contributed by atoms with E-state index in [1.54, 1.807) is 0 Å². The molecule has 1 aliphatic rings. The molecule has 2 nitrogen and oxygen atoms in total. The van der Waals surface area contributed by atoms with Gasteiger partial charge in [-0.25, -0.2) is 0 Å². The third kappa shape index (κ3) is 3.36. The molecule has 1 rings (SSSR count). The van der Waals surface area contributed by atoms with Gasteiger partial charge in [0.1, 0.15) is 0 Å². The Hall–Kier alpha value is -0.550. The van der Waals surface area contributed by atoms with E-state index in [-0.39, 0.29) is 0 Å². The van der Waals surface area contributed by atoms with Gasteiger partial charge in [0.2, 0.25) is 0 Å². The Morgan fingerprint density at radius 1 is 1.62 bits per heavy atom. The zero-order chi connectivity index (χ0) is 9.90. The van der Waals surface area contributed by atoms with Crippen LogP contribution in [0.5, 0.6) is 0 Å². The zero-order valence-corrected chi connectivity index (χ0v) is 8.93. The van der Waals surface area contributed by atoms with E-state index in [2.05, 4.69) is 32.2 Å². The number of nitrogens with zero attached hydrogens (tertiary/aromatic N) is 1. The summed E-state index contributed by atoms with van der Waals surface area (Å²) in [7, 11) is 0. The van der Waals surface area contributed by atoms with Gasteiger partial charge in [0.15, 0.2) is 0 Å². The number of hydrogen-bond donors (Lipinski definition) is 1. The Labute approximate surface area is 81.3 Å². The van der Waals surface area contributed by atoms with Crippen LogP contribution in [-0.2, 0) is 0 Å². The molecular weight excluding hydrogens is 160 g/mol. The molecule has 0 aromatic rings. The van der Waals surface area contributed by atoms with Crippen LogP contribution in [0.4, 0.5) is 0 Å². The van der Waals surface area contributed by atoms with E-state index < -0.39 is 0 Å². The Bertz CT molecular complexity index is 203. The molecule has 1 saturated carbocycles. The molecule has 0 aromatic carbocycles. The van der Waals surface area contributed by atoms with Gasteiger partial charge in [-0.3, -0.25) is 0 Å². The van der Waals surface area contributed by atoms with Crippen LogP contribution >= 0.6 is 0 Å². The van der Waals surface area contributed by atoms with Crippen LogP contribution in [0.1, 0.15) is 46.5 Å². The highest BCUT2D eigenvalue weighted by atomic mass is 14.9. The van der Waals surface area contributed by atoms with Crippen molar-refractivity contribution in [2.75, 3.05) is 0 Å². The summed E-state index contributed by atoms with van der Waals surface area (Å²) in [6, 6.07) is 3.19. The van der Waals surface area contributed by atoms with E-state index in [4.69, 9.17) is 5.26 Å². The van der Waals surface area contributed by atoms with Crippen molar-refractivity contribution in [1.29, 1.82) is 5.26 Å². The summed E-state index contributed by atoms with van der Waals surface area (Å²) in [6.07, 6.45) is 4.45. The first kappa shape index (κ1) is 10.5. The first-order chi connectivity index (χ1) is 6.03. The molecule has 0 aromatic heterocycles. The van der Waals surface area contributed by atoms with E-state index in [1.807, 2.05) is 0 Å². The van der Waals surface area contributed by atoms with Crippen LogP contribution in [0.15, 0.2) is 0 Å². The Morgan fingerprint density at radius 3 is 2.77 bits per heavy atom. The van der Waals surface area contributed by atoms with Gasteiger partial charge in [0.25, 0.3) is 0 Å². The molecule has 1 aliphatic carbocycles. The minimum Gasteiger partial charge on any atom is -0.310 e. The smallest absolute Gasteiger partial charge is 0.0638 e. The fraction of sp³-hybridized carbons (Fsp3) is 0.909. The highest BCUT2D eigenvalue weighted by molar-refractivity contribution is 4.89. The third-order valence-electron chi connectivity index (χ3n) is 2.89. The Morgan fingerprint density at radius 2 is 2.31 bits per heavy atom. The summed E-state index contributed by atoms with van der Waals surface area (Å²) in [6.45, 7) is 6.74. The molecule has 1 fully saturated rings. The average Bonchev–Trinajstić information content (AvgIpc) is 2.30. The molecule has 13 heavy (non-hydrogen) atoms. The summed E-state index contributed by atoms with van der Waals surface area (Å²) in [4.78, 5) is 0. The van der Waals surface area contributed by atoms with Gasteiger partial charge in [-0.1, -0.05) is 13.8 Å². The highest BCUT2D eigenvalue weighted by Crippen LogP contribution is 2.37. The largest absolute Gasteiger partial charge is 0.310 e. The predicted octanol–water partition coefficient (Wildman–Crippen LogP) is 2.46. The van der Waals surface area contributed by atoms with E-state index in [0.29, 0.717) is 23.9 Å². The molecule has 74 valence electrons. The lowest BCUT2D eigenvalue weighted by Gasteiger charge is -2.20. The molecule has 0 saturated heterocycles. The number of rotatable bonds is 3. The third-order valence-corrected chi connectivity index (χ3v) is 2.89. The molecule has 0 heterocycles. The molecule has 2 heteroatoms. The molecule has 0 aliphatic heterocycles. The lowest BCUT2D eigenvalue weighted by Crippen LogP contribution is -2.35. The fourth-order valence-corrected chi connectivity index (χ4v) is 2.18. The van der Waals surface area contributed by atoms with Gasteiger partial charge in [-0.15, -0.1) is 0 Å². The van der Waals surface area contributed by atoms with Gasteiger partial charge in [-0.05, 0) is 31.6 Å². The lowest BCUT2D eigenvalue weighted by atomic mass is 9.92. The number of nitrogens with one attached hydrogen (secondary N) is 1. The van der Waals surface area contributed by atoms with Crippen molar-refractivity contribution < 1.29 is 0 Å². The van der Waals surface area contributed by atoms with Gasteiger partial charge in [-0.2, -0.15) is 5.26 Å². The van der Waals surface area contributed by atoms with Crippen molar-refractivity contribution >= 4 is 0 Å². The normalized spacial score (nSPS) is 28.3. The highest BCUT2D eigenvalue weighted by Gasteiger charge is 2.31. The van der Waals surface area contributed by atoms with Crippen molar-refractivity contribution in [2.24, 2.45) is 5.41 Å². The van der Waals surface area contributed by atoms with Crippen LogP contribution in [0.25, 0.3) is 0 Å². The number of nitriles is 1. The summed E-state index contributed by atoms with van der Waals surface area (Å²) >= 11 is 0. The quantitative estimate of drug-likeness (QED) is 0.724. The molecular formula is C11H20N2. The van der Waals surface area contributed by atoms with Crippen LogP contribution in [0.3, 0.4) is 0 Å². The van der Waals surface area contributed by atoms with Gasteiger partial charge >= 0.3 is 0 Å². The second-order valence-electron chi connectivity index (χ2n) is 5.03. The minimum atomic E-state index is 0.351. The molecule has 0 radical (unpaired) electrons. The second-order valence-corrected chi connectivity index (χ2v) is 5.03. The lowest BCUT2D eigenvalue weighted by molar-refractivity contribution is 0.355. The van der Waals surface area contributed by atoms with Crippen LogP contribution < -0.4 is 5.32 Å². The SMILES string of the molecule is CC(CC#N)NC1CCC(C)(C)C1. The van der Waals surface area contributed by atoms with E-state index >= 15 is 0 Å². The standard InChI is InChI=1S/C11H20N2/c1-9(5-7-12)13-10-4-6-11(2,3)8-10/h9-10,13H,4-6,8H2,1-3H3. The van der Waals surface area contributed by atoms with E-state index in [1.165, 1.54) is 19.3 Å². The van der Waals surface area contributed by atoms with Crippen LogP contribution in [0, 0.1) is 16.7 Å². The second kappa shape index (κ2) is 4.11. The van der Waals surface area contributed by atoms with Crippen LogP contribution in [-0.4, -0.2) is 12.1 Å². The molecule has 0 spiro atoms. The van der Waals surface area contributed by atoms with Gasteiger partial charge in [0.05, 0.1) is 12.5 Å².